The van der Waals surface area contributed by atoms with Crippen LogP contribution in [0.1, 0.15) is 18.4 Å². The zero-order valence-electron chi connectivity index (χ0n) is 8.28. The Labute approximate surface area is 85.1 Å². The molecule has 2 heteroatoms. The molecule has 0 saturated carbocycles. The highest BCUT2D eigenvalue weighted by atomic mass is 16.1. The Kier molecular flexibility index (Phi) is 4.33. The fourth-order valence-corrected chi connectivity index (χ4v) is 1.34. The van der Waals surface area contributed by atoms with E-state index in [1.54, 1.807) is 0 Å². The van der Waals surface area contributed by atoms with Crippen molar-refractivity contribution in [3.05, 3.63) is 42.8 Å². The summed E-state index contributed by atoms with van der Waals surface area (Å²) in [4.78, 5) is 11.4. The van der Waals surface area contributed by atoms with Gasteiger partial charge in [0.25, 0.3) is 0 Å². The largest absolute Gasteiger partial charge is 0.321 e. The van der Waals surface area contributed by atoms with E-state index in [0.29, 0.717) is 19.3 Å². The maximum Gasteiger partial charge on any atom is 0.149 e. The van der Waals surface area contributed by atoms with Crippen LogP contribution in [0, 0.1) is 6.92 Å². The van der Waals surface area contributed by atoms with Crippen molar-refractivity contribution in [2.75, 3.05) is 0 Å². The van der Waals surface area contributed by atoms with Gasteiger partial charge in [-0.25, -0.2) is 0 Å². The molecule has 0 aliphatic rings. The van der Waals surface area contributed by atoms with E-state index in [1.807, 2.05) is 30.3 Å². The van der Waals surface area contributed by atoms with Crippen LogP contribution in [0.25, 0.3) is 0 Å². The summed E-state index contributed by atoms with van der Waals surface area (Å²) in [6.07, 6.45) is 1.73. The lowest BCUT2D eigenvalue weighted by Gasteiger charge is -2.09. The van der Waals surface area contributed by atoms with Crippen molar-refractivity contribution in [1.29, 1.82) is 0 Å². The summed E-state index contributed by atoms with van der Waals surface area (Å²) in [6, 6.07) is 9.45. The van der Waals surface area contributed by atoms with Crippen LogP contribution in [0.5, 0.6) is 0 Å². The van der Waals surface area contributed by atoms with Gasteiger partial charge in [0, 0.05) is 6.42 Å². The fraction of sp³-hybridized carbons (Fsp3) is 0.333. The van der Waals surface area contributed by atoms with Crippen molar-refractivity contribution in [2.24, 2.45) is 5.73 Å². The molecule has 1 atom stereocenters. The first-order valence-electron chi connectivity index (χ1n) is 4.85. The van der Waals surface area contributed by atoms with Gasteiger partial charge < -0.3 is 5.73 Å². The zero-order chi connectivity index (χ0) is 10.4. The molecule has 1 radical (unpaired) electrons. The summed E-state index contributed by atoms with van der Waals surface area (Å²) in [6.45, 7) is 3.64. The molecule has 0 amide bonds. The Morgan fingerprint density at radius 2 is 2.00 bits per heavy atom. The third-order valence-corrected chi connectivity index (χ3v) is 2.14. The molecule has 2 N–H and O–H groups in total. The van der Waals surface area contributed by atoms with E-state index in [-0.39, 0.29) is 11.8 Å². The molecular formula is C12H16NO. The lowest BCUT2D eigenvalue weighted by Crippen LogP contribution is -2.32. The smallest absolute Gasteiger partial charge is 0.149 e. The van der Waals surface area contributed by atoms with Crippen molar-refractivity contribution >= 4 is 5.78 Å². The van der Waals surface area contributed by atoms with Crippen LogP contribution in [0.3, 0.4) is 0 Å². The minimum atomic E-state index is -0.376. The number of carbonyl (C=O) groups excluding carboxylic acids is 1. The van der Waals surface area contributed by atoms with Gasteiger partial charge in [0.15, 0.2) is 0 Å². The van der Waals surface area contributed by atoms with Crippen LogP contribution in [0.2, 0.25) is 0 Å². The van der Waals surface area contributed by atoms with E-state index in [0.717, 1.165) is 5.56 Å². The Balaban J connectivity index is 2.49. The van der Waals surface area contributed by atoms with E-state index in [9.17, 15) is 4.79 Å². The topological polar surface area (TPSA) is 43.1 Å². The number of rotatable bonds is 5. The Morgan fingerprint density at radius 1 is 1.36 bits per heavy atom. The van der Waals surface area contributed by atoms with Gasteiger partial charge in [0.05, 0.1) is 6.04 Å². The van der Waals surface area contributed by atoms with E-state index in [1.165, 1.54) is 0 Å². The second-order valence-corrected chi connectivity index (χ2v) is 3.37. The number of carbonyl (C=O) groups is 1. The molecule has 1 aromatic rings. The summed E-state index contributed by atoms with van der Waals surface area (Å²) >= 11 is 0. The molecule has 0 unspecified atom stereocenters. The highest BCUT2D eigenvalue weighted by molar-refractivity contribution is 5.84. The average Bonchev–Trinajstić information content (AvgIpc) is 2.19. The molecule has 1 rings (SSSR count). The first-order chi connectivity index (χ1) is 6.74. The summed E-state index contributed by atoms with van der Waals surface area (Å²) in [5.41, 5.74) is 6.87. The molecule has 75 valence electrons. The third-order valence-electron chi connectivity index (χ3n) is 2.14. The molecule has 1 aromatic carbocycles. The molecule has 0 aliphatic heterocycles. The van der Waals surface area contributed by atoms with Gasteiger partial charge in [-0.2, -0.15) is 0 Å². The van der Waals surface area contributed by atoms with Gasteiger partial charge in [-0.3, -0.25) is 4.79 Å². The summed E-state index contributed by atoms with van der Waals surface area (Å²) in [7, 11) is 0. The van der Waals surface area contributed by atoms with Crippen molar-refractivity contribution in [1.82, 2.24) is 0 Å². The van der Waals surface area contributed by atoms with Crippen LogP contribution in [-0.4, -0.2) is 11.8 Å². The zero-order valence-corrected chi connectivity index (χ0v) is 8.28. The van der Waals surface area contributed by atoms with Crippen molar-refractivity contribution in [3.8, 4) is 0 Å². The SMILES string of the molecule is [CH2]CCC(=O)[C@@H](N)Cc1ccccc1. The number of hydrogen-bond acceptors (Lipinski definition) is 2. The van der Waals surface area contributed by atoms with Gasteiger partial charge >= 0.3 is 0 Å². The molecule has 0 aromatic heterocycles. The standard InChI is InChI=1S/C12H16NO/c1-2-6-12(14)11(13)9-10-7-4-3-5-8-10/h3-5,7-8,11H,1-2,6,9,13H2/t11-/m0/s1. The summed E-state index contributed by atoms with van der Waals surface area (Å²) in [5.74, 6) is 0.101. The van der Waals surface area contributed by atoms with Crippen LogP contribution in [0.15, 0.2) is 30.3 Å². The second kappa shape index (κ2) is 5.55. The van der Waals surface area contributed by atoms with E-state index in [2.05, 4.69) is 6.92 Å². The summed E-state index contributed by atoms with van der Waals surface area (Å²) in [5, 5.41) is 0. The predicted molar refractivity (Wildman–Crippen MR) is 57.7 cm³/mol. The first-order valence-corrected chi connectivity index (χ1v) is 4.85. The van der Waals surface area contributed by atoms with Gasteiger partial charge in [-0.15, -0.1) is 0 Å². The Hall–Kier alpha value is -1.15. The average molecular weight is 190 g/mol. The van der Waals surface area contributed by atoms with Crippen LogP contribution in [0.4, 0.5) is 0 Å². The maximum atomic E-state index is 11.4. The number of hydrogen-bond donors (Lipinski definition) is 1. The molecule has 0 aliphatic carbocycles. The fourth-order valence-electron chi connectivity index (χ4n) is 1.34. The van der Waals surface area contributed by atoms with Gasteiger partial charge in [-0.05, 0) is 18.4 Å². The predicted octanol–water partition coefficient (Wildman–Crippen LogP) is 1.74. The minimum absolute atomic E-state index is 0.101. The lowest BCUT2D eigenvalue weighted by molar-refractivity contribution is -0.120. The minimum Gasteiger partial charge on any atom is -0.321 e. The Morgan fingerprint density at radius 3 is 2.57 bits per heavy atom. The number of ketones is 1. The number of nitrogens with two attached hydrogens (primary N) is 1. The second-order valence-electron chi connectivity index (χ2n) is 3.37. The quantitative estimate of drug-likeness (QED) is 0.768. The van der Waals surface area contributed by atoms with Crippen molar-refractivity contribution < 1.29 is 4.79 Å². The number of Topliss-reactive ketones (excluding diaryl/α,β-unsaturated/α-hetero) is 1. The van der Waals surface area contributed by atoms with Gasteiger partial charge in [0.1, 0.15) is 5.78 Å². The molecule has 14 heavy (non-hydrogen) atoms. The van der Waals surface area contributed by atoms with Crippen molar-refractivity contribution in [2.45, 2.75) is 25.3 Å². The maximum absolute atomic E-state index is 11.4. The molecule has 0 saturated heterocycles. The first kappa shape index (κ1) is 10.9. The van der Waals surface area contributed by atoms with Crippen LogP contribution in [-0.2, 0) is 11.2 Å². The van der Waals surface area contributed by atoms with E-state index in [4.69, 9.17) is 5.73 Å². The third kappa shape index (κ3) is 3.30. The Bertz CT molecular complexity index is 282. The monoisotopic (exact) mass is 190 g/mol. The molecule has 2 nitrogen and oxygen atoms in total. The number of benzene rings is 1. The normalized spacial score (nSPS) is 12.4. The molecule has 0 spiro atoms. The lowest BCUT2D eigenvalue weighted by atomic mass is 10.0. The highest BCUT2D eigenvalue weighted by Gasteiger charge is 2.12. The molecule has 0 fully saturated rings. The van der Waals surface area contributed by atoms with Crippen LogP contribution < -0.4 is 5.73 Å². The molecule has 0 bridgehead atoms. The molecule has 0 heterocycles. The summed E-state index contributed by atoms with van der Waals surface area (Å²) < 4.78 is 0. The highest BCUT2D eigenvalue weighted by Crippen LogP contribution is 2.04. The van der Waals surface area contributed by atoms with E-state index < -0.39 is 0 Å². The van der Waals surface area contributed by atoms with Crippen molar-refractivity contribution in [3.63, 3.8) is 0 Å². The molecular weight excluding hydrogens is 174 g/mol. The van der Waals surface area contributed by atoms with E-state index >= 15 is 0 Å². The van der Waals surface area contributed by atoms with Gasteiger partial charge in [-0.1, -0.05) is 37.3 Å². The van der Waals surface area contributed by atoms with Gasteiger partial charge in [0.2, 0.25) is 0 Å². The van der Waals surface area contributed by atoms with Crippen LogP contribution >= 0.6 is 0 Å².